The molecule has 0 atom stereocenters. The van der Waals surface area contributed by atoms with Crippen LogP contribution in [0.3, 0.4) is 0 Å². The van der Waals surface area contributed by atoms with Gasteiger partial charge >= 0.3 is 5.69 Å². The van der Waals surface area contributed by atoms with Gasteiger partial charge in [-0.3, -0.25) is 0 Å². The Bertz CT molecular complexity index is 1650. The Kier molecular flexibility index (Phi) is 4.05. The van der Waals surface area contributed by atoms with Gasteiger partial charge in [-0.05, 0) is 41.3 Å². The number of hydrogen-bond donors (Lipinski definition) is 1. The highest BCUT2D eigenvalue weighted by atomic mass is 16.6. The predicted octanol–water partition coefficient (Wildman–Crippen LogP) is 7.40. The van der Waals surface area contributed by atoms with Crippen molar-refractivity contribution in [1.82, 2.24) is 4.57 Å². The zero-order chi connectivity index (χ0) is 21.7. The molecule has 0 amide bonds. The Balaban J connectivity index is 1.84. The van der Waals surface area contributed by atoms with E-state index in [4.69, 9.17) is 0 Å². The van der Waals surface area contributed by atoms with Gasteiger partial charge in [-0.1, -0.05) is 72.8 Å². The van der Waals surface area contributed by atoms with Gasteiger partial charge in [-0.15, -0.1) is 0 Å². The Morgan fingerprint density at radius 1 is 0.594 bits per heavy atom. The lowest BCUT2D eigenvalue weighted by Gasteiger charge is -2.12. The standard InChI is InChI=1S/C28H19N2O2/c31-30(32)27-17-9-7-13-21(27)24-18-25-22-14-6-8-16-26(22)29(19-10-2-1-3-11-19)28(25)23-15-5-4-12-20(23)24/h1-18H,(H,31,32)/q+1. The van der Waals surface area contributed by atoms with Crippen LogP contribution in [0.4, 0.5) is 5.69 Å². The molecule has 1 heterocycles. The van der Waals surface area contributed by atoms with Crippen molar-refractivity contribution in [1.29, 1.82) is 0 Å². The number of fused-ring (bicyclic) bond motifs is 5. The van der Waals surface area contributed by atoms with Crippen LogP contribution in [0.1, 0.15) is 0 Å². The van der Waals surface area contributed by atoms with Crippen LogP contribution >= 0.6 is 0 Å². The van der Waals surface area contributed by atoms with E-state index in [1.807, 2.05) is 48.5 Å². The number of para-hydroxylation sites is 3. The first-order valence-electron chi connectivity index (χ1n) is 10.5. The quantitative estimate of drug-likeness (QED) is 0.306. The Hall–Kier alpha value is -4.44. The minimum absolute atomic E-state index is 0.0540. The van der Waals surface area contributed by atoms with Crippen molar-refractivity contribution in [3.63, 3.8) is 0 Å². The second-order valence-corrected chi connectivity index (χ2v) is 7.84. The minimum Gasteiger partial charge on any atom is -0.309 e. The van der Waals surface area contributed by atoms with Gasteiger partial charge in [0, 0.05) is 27.9 Å². The van der Waals surface area contributed by atoms with Gasteiger partial charge in [0.1, 0.15) is 0 Å². The molecule has 0 aliphatic carbocycles. The van der Waals surface area contributed by atoms with Crippen LogP contribution in [0.2, 0.25) is 0 Å². The molecule has 152 valence electrons. The van der Waals surface area contributed by atoms with E-state index in [2.05, 4.69) is 53.1 Å². The van der Waals surface area contributed by atoms with E-state index in [0.29, 0.717) is 5.56 Å². The third-order valence-electron chi connectivity index (χ3n) is 6.09. The topological polar surface area (TPSA) is 45.2 Å². The van der Waals surface area contributed by atoms with E-state index in [0.717, 1.165) is 43.8 Å². The van der Waals surface area contributed by atoms with Crippen LogP contribution in [-0.4, -0.2) is 14.7 Å². The fourth-order valence-corrected chi connectivity index (χ4v) is 4.76. The number of hydrogen-bond acceptors (Lipinski definition) is 1. The van der Waals surface area contributed by atoms with Gasteiger partial charge in [-0.25, -0.2) is 5.21 Å². The summed E-state index contributed by atoms with van der Waals surface area (Å²) in [6.45, 7) is 0. The molecule has 4 heteroatoms. The molecule has 0 bridgehead atoms. The van der Waals surface area contributed by atoms with Crippen molar-refractivity contribution < 1.29 is 10.1 Å². The molecule has 0 fully saturated rings. The van der Waals surface area contributed by atoms with Crippen molar-refractivity contribution in [2.24, 2.45) is 0 Å². The van der Waals surface area contributed by atoms with Gasteiger partial charge in [-0.2, -0.15) is 0 Å². The highest BCUT2D eigenvalue weighted by Crippen LogP contribution is 2.42. The van der Waals surface area contributed by atoms with E-state index in [-0.39, 0.29) is 10.6 Å². The summed E-state index contributed by atoms with van der Waals surface area (Å²) < 4.78 is 2.30. The van der Waals surface area contributed by atoms with Gasteiger partial charge in [0.25, 0.3) is 4.92 Å². The van der Waals surface area contributed by atoms with E-state index in [1.54, 1.807) is 12.1 Å². The van der Waals surface area contributed by atoms with Crippen LogP contribution in [0.25, 0.3) is 49.4 Å². The molecule has 0 saturated heterocycles. The Morgan fingerprint density at radius 2 is 1.22 bits per heavy atom. The van der Waals surface area contributed by atoms with Crippen LogP contribution < -0.4 is 0 Å². The van der Waals surface area contributed by atoms with Crippen molar-refractivity contribution in [3.05, 3.63) is 114 Å². The van der Waals surface area contributed by atoms with Gasteiger partial charge in [0.2, 0.25) is 0 Å². The van der Waals surface area contributed by atoms with Gasteiger partial charge in [0.15, 0.2) is 0 Å². The monoisotopic (exact) mass is 415 g/mol. The predicted molar refractivity (Wildman–Crippen MR) is 129 cm³/mol. The molecular formula is C28H19N2O2+. The summed E-state index contributed by atoms with van der Waals surface area (Å²) in [7, 11) is 0. The van der Waals surface area contributed by atoms with Crippen molar-refractivity contribution in [2.45, 2.75) is 0 Å². The zero-order valence-corrected chi connectivity index (χ0v) is 17.1. The summed E-state index contributed by atoms with van der Waals surface area (Å²) in [5.41, 5.74) is 5.17. The maximum atomic E-state index is 11.9. The molecule has 0 unspecified atom stereocenters. The Morgan fingerprint density at radius 3 is 2.00 bits per heavy atom. The smallest absolute Gasteiger partial charge is 0.309 e. The lowest BCUT2D eigenvalue weighted by Crippen LogP contribution is -1.96. The highest BCUT2D eigenvalue weighted by Gasteiger charge is 2.23. The molecule has 0 aliphatic rings. The van der Waals surface area contributed by atoms with Crippen LogP contribution in [0.5, 0.6) is 0 Å². The van der Waals surface area contributed by atoms with Crippen molar-refractivity contribution >= 4 is 38.3 Å². The molecule has 0 spiro atoms. The van der Waals surface area contributed by atoms with Gasteiger partial charge in [0.05, 0.1) is 21.5 Å². The molecule has 1 aromatic heterocycles. The molecule has 0 saturated carbocycles. The maximum absolute atomic E-state index is 11.9. The normalized spacial score (nSPS) is 11.4. The molecular weight excluding hydrogens is 396 g/mol. The largest absolute Gasteiger partial charge is 0.324 e. The second-order valence-electron chi connectivity index (χ2n) is 7.84. The minimum atomic E-state index is -0.0540. The number of nitrogens with zero attached hydrogens (tertiary/aromatic N) is 2. The molecule has 32 heavy (non-hydrogen) atoms. The summed E-state index contributed by atoms with van der Waals surface area (Å²) in [4.78, 5) is 11.9. The number of rotatable bonds is 3. The zero-order valence-electron chi connectivity index (χ0n) is 17.1. The summed E-state index contributed by atoms with van der Waals surface area (Å²) in [6, 6.07) is 36.2. The maximum Gasteiger partial charge on any atom is 0.324 e. The first-order chi connectivity index (χ1) is 15.7. The molecule has 6 rings (SSSR count). The molecule has 1 N–H and O–H groups in total. The molecule has 0 radical (unpaired) electrons. The fourth-order valence-electron chi connectivity index (χ4n) is 4.76. The summed E-state index contributed by atoms with van der Waals surface area (Å²) >= 11 is 0. The second kappa shape index (κ2) is 7.06. The van der Waals surface area contributed by atoms with Crippen LogP contribution in [0.15, 0.2) is 109 Å². The van der Waals surface area contributed by atoms with Crippen molar-refractivity contribution in [2.75, 3.05) is 0 Å². The summed E-state index contributed by atoms with van der Waals surface area (Å²) in [6.07, 6.45) is 0. The van der Waals surface area contributed by atoms with E-state index < -0.39 is 0 Å². The fraction of sp³-hybridized carbons (Fsp3) is 0. The lowest BCUT2D eigenvalue weighted by atomic mass is 9.94. The average molecular weight is 415 g/mol. The van der Waals surface area contributed by atoms with Crippen molar-refractivity contribution in [3.8, 4) is 16.8 Å². The molecule has 6 aromatic rings. The third kappa shape index (κ3) is 2.63. The van der Waals surface area contributed by atoms with E-state index >= 15 is 0 Å². The lowest BCUT2D eigenvalue weighted by molar-refractivity contribution is -0.729. The van der Waals surface area contributed by atoms with Crippen LogP contribution in [0, 0.1) is 4.91 Å². The first kappa shape index (κ1) is 18.3. The molecule has 0 aliphatic heterocycles. The van der Waals surface area contributed by atoms with E-state index in [1.165, 1.54) is 0 Å². The molecule has 4 nitrogen and oxygen atoms in total. The summed E-state index contributed by atoms with van der Waals surface area (Å²) in [5.74, 6) is 0. The Labute approximate surface area is 184 Å². The SMILES string of the molecule is O=[N+](O)c1ccccc1-c1cc2c3ccccc3n(-c3ccccc3)c2c2ccccc12. The number of aromatic nitrogens is 1. The summed E-state index contributed by atoms with van der Waals surface area (Å²) in [5, 5.41) is 14.1. The number of benzene rings is 5. The highest BCUT2D eigenvalue weighted by molar-refractivity contribution is 6.22. The molecule has 5 aromatic carbocycles. The van der Waals surface area contributed by atoms with E-state index in [9.17, 15) is 10.1 Å². The first-order valence-corrected chi connectivity index (χ1v) is 10.5. The average Bonchev–Trinajstić information content (AvgIpc) is 3.19. The van der Waals surface area contributed by atoms with Gasteiger partial charge < -0.3 is 4.57 Å². The third-order valence-corrected chi connectivity index (χ3v) is 6.09. The van der Waals surface area contributed by atoms with Crippen LogP contribution in [-0.2, 0) is 0 Å².